The van der Waals surface area contributed by atoms with Crippen LogP contribution in [0.5, 0.6) is 5.75 Å². The van der Waals surface area contributed by atoms with Crippen molar-refractivity contribution in [3.8, 4) is 5.75 Å². The number of anilines is 1. The maximum absolute atomic E-state index is 12.8. The average molecular weight is 835 g/mol. The number of allylic oxidation sites excluding steroid dienone is 4. The molecule has 0 bridgehead atoms. The summed E-state index contributed by atoms with van der Waals surface area (Å²) in [7, 11) is 0. The molecule has 2 aliphatic heterocycles. The number of carboxylic acids is 1. The third kappa shape index (κ3) is 11.9. The van der Waals surface area contributed by atoms with E-state index in [0.29, 0.717) is 24.3 Å². The van der Waals surface area contributed by atoms with E-state index in [2.05, 4.69) is 132 Å². The van der Waals surface area contributed by atoms with E-state index in [1.807, 2.05) is 0 Å². The molecule has 2 heterocycles. The molecule has 1 atom stereocenters. The predicted molar refractivity (Wildman–Crippen MR) is 237 cm³/mol. The van der Waals surface area contributed by atoms with Gasteiger partial charge in [-0.1, -0.05) is 60.9 Å². The Morgan fingerprint density at radius 3 is 2.51 bits per heavy atom. The summed E-state index contributed by atoms with van der Waals surface area (Å²) in [5.41, 5.74) is 17.9. The summed E-state index contributed by atoms with van der Waals surface area (Å²) in [6.07, 6.45) is 8.81. The zero-order valence-corrected chi connectivity index (χ0v) is 36.3. The van der Waals surface area contributed by atoms with E-state index >= 15 is 0 Å². The molecule has 5 rings (SSSR count). The van der Waals surface area contributed by atoms with E-state index in [1.54, 1.807) is 24.3 Å². The van der Waals surface area contributed by atoms with E-state index in [4.69, 9.17) is 24.8 Å². The number of carboxylic acid groups (broad SMARTS) is 1. The molecule has 2 amide bonds. The Bertz CT molecular complexity index is 2190. The van der Waals surface area contributed by atoms with Gasteiger partial charge in [0.1, 0.15) is 25.5 Å². The average Bonchev–Trinajstić information content (AvgIpc) is 3.58. The van der Waals surface area contributed by atoms with Crippen molar-refractivity contribution in [2.24, 2.45) is 5.11 Å². The first-order valence-corrected chi connectivity index (χ1v) is 21.0. The van der Waals surface area contributed by atoms with Gasteiger partial charge in [0.25, 0.3) is 5.91 Å². The first kappa shape index (κ1) is 46.1. The van der Waals surface area contributed by atoms with Crippen LogP contribution in [-0.2, 0) is 29.9 Å². The van der Waals surface area contributed by atoms with Crippen molar-refractivity contribution in [2.75, 3.05) is 57.5 Å². The Labute approximate surface area is 358 Å². The summed E-state index contributed by atoms with van der Waals surface area (Å²) >= 11 is 0. The lowest BCUT2D eigenvalue weighted by Gasteiger charge is -2.25. The third-order valence-corrected chi connectivity index (χ3v) is 11.1. The molecule has 3 aromatic carbocycles. The number of para-hydroxylation sites is 1. The van der Waals surface area contributed by atoms with Crippen LogP contribution in [-0.4, -0.2) is 92.0 Å². The lowest BCUT2D eigenvalue weighted by molar-refractivity contribution is -0.438. The minimum atomic E-state index is -1.10. The van der Waals surface area contributed by atoms with Crippen LogP contribution in [0.2, 0.25) is 0 Å². The van der Waals surface area contributed by atoms with Gasteiger partial charge in [-0.2, -0.15) is 4.58 Å². The number of benzene rings is 3. The first-order chi connectivity index (χ1) is 29.3. The van der Waals surface area contributed by atoms with Crippen LogP contribution in [0.4, 0.5) is 11.4 Å². The van der Waals surface area contributed by atoms with Crippen molar-refractivity contribution in [3.05, 3.63) is 123 Å². The summed E-state index contributed by atoms with van der Waals surface area (Å²) in [6, 6.07) is 21.9. The lowest BCUT2D eigenvalue weighted by atomic mass is 9.80. The van der Waals surface area contributed by atoms with Crippen molar-refractivity contribution in [1.29, 1.82) is 0 Å². The topological polar surface area (TPSA) is 178 Å². The molecule has 0 saturated carbocycles. The fraction of sp³-hybridized carbons (Fsp3) is 0.447. The standard InChI is InChI=1S/C47H59N7O7/c1-7-53-38-18-11-10-17-36(38)46(3,4)40(53)19-14-20-41-47(5,6)37-29-33(2)22-23-39(37)54(41)26-12-8-9-21-42(55)49-24-25-50-45(58)34-15-13-16-35(30-34)61-31-43(51-52-48)60-28-27-59-32-44(56)57/h10-11,13-20,22-23,29-30,43H,7-9,12,21,24-28,31-32H2,1-6H3,(H2-,49,50,55,56,57,58)/p+1. The second-order valence-corrected chi connectivity index (χ2v) is 16.2. The minimum Gasteiger partial charge on any atom is -0.491 e. The molecular formula is C47H60N7O7+. The van der Waals surface area contributed by atoms with Gasteiger partial charge in [0.15, 0.2) is 11.9 Å². The van der Waals surface area contributed by atoms with Crippen molar-refractivity contribution < 1.29 is 38.3 Å². The van der Waals surface area contributed by atoms with Crippen LogP contribution >= 0.6 is 0 Å². The number of azide groups is 1. The number of rotatable bonds is 23. The SMILES string of the molecule is CCN1/C(=C/C=C/C2=[N+](CCCCCC(=O)NCCNC(=O)c3cccc(OCC(N=[N+]=[N-])OCCOCC(=O)O)c3)c3ccc(C)cc3C2(C)C)C(C)(C)c2ccccc21. The van der Waals surface area contributed by atoms with Gasteiger partial charge in [0, 0.05) is 77.5 Å². The normalized spacial score (nSPS) is 16.0. The van der Waals surface area contributed by atoms with E-state index in [1.165, 1.54) is 39.5 Å². The molecule has 0 aromatic heterocycles. The number of nitrogens with zero attached hydrogens (tertiary/aromatic N) is 5. The molecular weight excluding hydrogens is 775 g/mol. The van der Waals surface area contributed by atoms with Crippen molar-refractivity contribution in [1.82, 2.24) is 10.6 Å². The molecule has 324 valence electrons. The number of aliphatic carboxylic acids is 1. The summed E-state index contributed by atoms with van der Waals surface area (Å²) in [4.78, 5) is 41.2. The number of amides is 2. The van der Waals surface area contributed by atoms with E-state index in [0.717, 1.165) is 32.4 Å². The Hall–Kier alpha value is -5.95. The largest absolute Gasteiger partial charge is 0.491 e. The van der Waals surface area contributed by atoms with Crippen LogP contribution in [0.15, 0.2) is 95.8 Å². The maximum atomic E-state index is 12.8. The Balaban J connectivity index is 1.07. The quantitative estimate of drug-likeness (QED) is 0.0284. The fourth-order valence-electron chi connectivity index (χ4n) is 8.01. The number of ether oxygens (including phenoxy) is 3. The second-order valence-electron chi connectivity index (χ2n) is 16.2. The Kier molecular flexibility index (Phi) is 16.3. The number of likely N-dealkylation sites (N-methyl/N-ethyl adjacent to an activating group) is 1. The maximum Gasteiger partial charge on any atom is 0.329 e. The molecule has 61 heavy (non-hydrogen) atoms. The lowest BCUT2D eigenvalue weighted by Crippen LogP contribution is -2.34. The number of nitrogens with one attached hydrogen (secondary N) is 2. The number of fused-ring (bicyclic) bond motifs is 2. The number of carbonyl (C=O) groups excluding carboxylic acids is 2. The van der Waals surface area contributed by atoms with Crippen LogP contribution < -0.4 is 20.3 Å². The van der Waals surface area contributed by atoms with Gasteiger partial charge in [-0.25, -0.2) is 4.79 Å². The Morgan fingerprint density at radius 2 is 1.74 bits per heavy atom. The molecule has 14 heteroatoms. The summed E-state index contributed by atoms with van der Waals surface area (Å²) in [5.74, 6) is -1.13. The molecule has 0 radical (unpaired) electrons. The van der Waals surface area contributed by atoms with E-state index in [9.17, 15) is 14.4 Å². The zero-order chi connectivity index (χ0) is 44.0. The van der Waals surface area contributed by atoms with Crippen LogP contribution in [0.3, 0.4) is 0 Å². The predicted octanol–water partition coefficient (Wildman–Crippen LogP) is 7.87. The van der Waals surface area contributed by atoms with Gasteiger partial charge < -0.3 is 34.9 Å². The highest BCUT2D eigenvalue weighted by molar-refractivity contribution is 6.03. The van der Waals surface area contributed by atoms with Crippen molar-refractivity contribution in [3.63, 3.8) is 0 Å². The molecule has 0 spiro atoms. The third-order valence-electron chi connectivity index (χ3n) is 11.1. The van der Waals surface area contributed by atoms with Gasteiger partial charge >= 0.3 is 5.97 Å². The molecule has 0 aliphatic carbocycles. The summed E-state index contributed by atoms with van der Waals surface area (Å²) in [5, 5.41) is 17.9. The highest BCUT2D eigenvalue weighted by Crippen LogP contribution is 2.47. The van der Waals surface area contributed by atoms with Crippen molar-refractivity contribution >= 4 is 34.9 Å². The second kappa shape index (κ2) is 21.5. The molecule has 1 unspecified atom stereocenters. The molecule has 3 aromatic rings. The Morgan fingerprint density at radius 1 is 0.951 bits per heavy atom. The van der Waals surface area contributed by atoms with Crippen molar-refractivity contribution in [2.45, 2.75) is 84.3 Å². The van der Waals surface area contributed by atoms with Gasteiger partial charge in [0.2, 0.25) is 11.6 Å². The van der Waals surface area contributed by atoms with Gasteiger partial charge in [-0.05, 0) is 88.0 Å². The molecule has 3 N–H and O–H groups in total. The number of hydrogen-bond donors (Lipinski definition) is 3. The fourth-order valence-corrected chi connectivity index (χ4v) is 8.01. The number of aryl methyl sites for hydroxylation is 1. The summed E-state index contributed by atoms with van der Waals surface area (Å²) < 4.78 is 18.4. The van der Waals surface area contributed by atoms with Crippen LogP contribution in [0, 0.1) is 6.92 Å². The molecule has 14 nitrogen and oxygen atoms in total. The van der Waals surface area contributed by atoms with Crippen LogP contribution in [0.1, 0.15) is 87.4 Å². The molecule has 0 saturated heterocycles. The number of unbranched alkanes of at least 4 members (excludes halogenated alkanes) is 2. The van der Waals surface area contributed by atoms with E-state index < -0.39 is 18.8 Å². The highest BCUT2D eigenvalue weighted by Gasteiger charge is 2.44. The van der Waals surface area contributed by atoms with Crippen LogP contribution in [0.25, 0.3) is 10.4 Å². The van der Waals surface area contributed by atoms with Gasteiger partial charge in [0.05, 0.1) is 18.6 Å². The smallest absolute Gasteiger partial charge is 0.329 e. The van der Waals surface area contributed by atoms with Gasteiger partial charge in [-0.15, -0.1) is 0 Å². The number of carbonyl (C=O) groups is 3. The van der Waals surface area contributed by atoms with Gasteiger partial charge in [-0.3, -0.25) is 9.59 Å². The minimum absolute atomic E-state index is 0.00114. The molecule has 2 aliphatic rings. The number of hydrogen-bond acceptors (Lipinski definition) is 8. The molecule has 0 fully saturated rings. The summed E-state index contributed by atoms with van der Waals surface area (Å²) in [6.45, 7) is 15.3. The van der Waals surface area contributed by atoms with E-state index in [-0.39, 0.29) is 49.0 Å². The first-order valence-electron chi connectivity index (χ1n) is 21.0. The monoisotopic (exact) mass is 834 g/mol. The highest BCUT2D eigenvalue weighted by atomic mass is 16.6. The zero-order valence-electron chi connectivity index (χ0n) is 36.3.